The number of nitrogens with zero attached hydrogens (tertiary/aromatic N) is 1. The molecule has 0 aromatic heterocycles. The van der Waals surface area contributed by atoms with E-state index in [2.05, 4.69) is 10.6 Å². The molecule has 4 rings (SSSR count). The maximum Gasteiger partial charge on any atom is 0.253 e. The van der Waals surface area contributed by atoms with Crippen LogP contribution in [-0.4, -0.2) is 30.3 Å². The standard InChI is InChI=1S/C30H29N3O3/c1-33(21-23-9-4-2-5-10-23)30(35)25-13-8-14-27(19-25)32-29(34)20-31-26-15-17-28(18-16-26)36-22-24-11-6-3-7-12-24/h2-19,31H,20-22H2,1H3,(H,32,34). The number of carbonyl (C=O) groups is 2. The molecule has 0 saturated heterocycles. The summed E-state index contributed by atoms with van der Waals surface area (Å²) in [5, 5.41) is 5.95. The Kier molecular flexibility index (Phi) is 8.33. The van der Waals surface area contributed by atoms with Crippen LogP contribution in [-0.2, 0) is 17.9 Å². The molecule has 36 heavy (non-hydrogen) atoms. The quantitative estimate of drug-likeness (QED) is 0.311. The van der Waals surface area contributed by atoms with E-state index < -0.39 is 0 Å². The van der Waals surface area contributed by atoms with Gasteiger partial charge in [-0.15, -0.1) is 0 Å². The lowest BCUT2D eigenvalue weighted by molar-refractivity contribution is -0.114. The van der Waals surface area contributed by atoms with Crippen LogP contribution in [0.3, 0.4) is 0 Å². The molecule has 0 atom stereocenters. The van der Waals surface area contributed by atoms with Gasteiger partial charge in [-0.1, -0.05) is 66.7 Å². The minimum absolute atomic E-state index is 0.0936. The summed E-state index contributed by atoms with van der Waals surface area (Å²) in [5.74, 6) is 0.442. The number of nitrogens with one attached hydrogen (secondary N) is 2. The van der Waals surface area contributed by atoms with E-state index in [4.69, 9.17) is 4.74 Å². The molecule has 0 spiro atoms. The van der Waals surface area contributed by atoms with E-state index in [0.717, 1.165) is 22.6 Å². The molecule has 0 bridgehead atoms. The number of hydrogen-bond donors (Lipinski definition) is 2. The first-order valence-electron chi connectivity index (χ1n) is 11.8. The summed E-state index contributed by atoms with van der Waals surface area (Å²) < 4.78 is 5.79. The maximum atomic E-state index is 12.8. The van der Waals surface area contributed by atoms with Crippen LogP contribution in [0.15, 0.2) is 109 Å². The van der Waals surface area contributed by atoms with Gasteiger partial charge in [0.2, 0.25) is 5.91 Å². The molecular weight excluding hydrogens is 450 g/mol. The monoisotopic (exact) mass is 479 g/mol. The summed E-state index contributed by atoms with van der Waals surface area (Å²) in [7, 11) is 1.77. The zero-order chi connectivity index (χ0) is 25.2. The highest BCUT2D eigenvalue weighted by molar-refractivity contribution is 5.98. The number of rotatable bonds is 10. The van der Waals surface area contributed by atoms with Gasteiger partial charge < -0.3 is 20.3 Å². The van der Waals surface area contributed by atoms with Gasteiger partial charge in [0.05, 0.1) is 6.54 Å². The van der Waals surface area contributed by atoms with Gasteiger partial charge in [-0.3, -0.25) is 9.59 Å². The van der Waals surface area contributed by atoms with Crippen molar-refractivity contribution in [3.8, 4) is 5.75 Å². The fourth-order valence-corrected chi connectivity index (χ4v) is 3.68. The van der Waals surface area contributed by atoms with Gasteiger partial charge in [0.1, 0.15) is 12.4 Å². The van der Waals surface area contributed by atoms with E-state index >= 15 is 0 Å². The third kappa shape index (κ3) is 7.21. The van der Waals surface area contributed by atoms with Gasteiger partial charge in [-0.05, 0) is 53.6 Å². The second-order valence-corrected chi connectivity index (χ2v) is 8.43. The molecule has 0 heterocycles. The normalized spacial score (nSPS) is 10.4. The lowest BCUT2D eigenvalue weighted by atomic mass is 10.1. The first-order valence-corrected chi connectivity index (χ1v) is 11.8. The number of benzene rings is 4. The molecule has 0 aliphatic carbocycles. The molecule has 182 valence electrons. The minimum atomic E-state index is -0.207. The van der Waals surface area contributed by atoms with Gasteiger partial charge in [0.25, 0.3) is 5.91 Å². The van der Waals surface area contributed by atoms with Crippen molar-refractivity contribution in [1.82, 2.24) is 4.90 Å². The summed E-state index contributed by atoms with van der Waals surface area (Å²) in [6, 6.07) is 34.2. The van der Waals surface area contributed by atoms with Crippen LogP contribution in [0.5, 0.6) is 5.75 Å². The topological polar surface area (TPSA) is 70.7 Å². The Balaban J connectivity index is 1.25. The third-order valence-electron chi connectivity index (χ3n) is 5.56. The Morgan fingerprint density at radius 3 is 2.11 bits per heavy atom. The van der Waals surface area contributed by atoms with Crippen LogP contribution in [0.4, 0.5) is 11.4 Å². The highest BCUT2D eigenvalue weighted by Gasteiger charge is 2.13. The van der Waals surface area contributed by atoms with Gasteiger partial charge >= 0.3 is 0 Å². The van der Waals surface area contributed by atoms with E-state index in [0.29, 0.717) is 24.4 Å². The first-order chi connectivity index (χ1) is 17.6. The van der Waals surface area contributed by atoms with Gasteiger partial charge in [0, 0.05) is 30.5 Å². The van der Waals surface area contributed by atoms with Gasteiger partial charge in [-0.25, -0.2) is 0 Å². The maximum absolute atomic E-state index is 12.8. The van der Waals surface area contributed by atoms with E-state index in [-0.39, 0.29) is 18.4 Å². The lowest BCUT2D eigenvalue weighted by Gasteiger charge is -2.18. The highest BCUT2D eigenvalue weighted by atomic mass is 16.5. The average molecular weight is 480 g/mol. The Morgan fingerprint density at radius 2 is 1.42 bits per heavy atom. The molecule has 2 amide bonds. The molecule has 0 aliphatic heterocycles. The molecule has 4 aromatic carbocycles. The van der Waals surface area contributed by atoms with Crippen molar-refractivity contribution in [3.63, 3.8) is 0 Å². The number of hydrogen-bond acceptors (Lipinski definition) is 4. The van der Waals surface area contributed by atoms with Crippen molar-refractivity contribution in [2.45, 2.75) is 13.2 Å². The number of amides is 2. The smallest absolute Gasteiger partial charge is 0.253 e. The van der Waals surface area contributed by atoms with Crippen LogP contribution < -0.4 is 15.4 Å². The summed E-state index contributed by atoms with van der Waals surface area (Å²) in [5.41, 5.74) is 4.06. The van der Waals surface area contributed by atoms with Crippen molar-refractivity contribution in [2.75, 3.05) is 24.2 Å². The third-order valence-corrected chi connectivity index (χ3v) is 5.56. The van der Waals surface area contributed by atoms with Crippen LogP contribution in [0.2, 0.25) is 0 Å². The van der Waals surface area contributed by atoms with Crippen molar-refractivity contribution in [2.24, 2.45) is 0 Å². The molecule has 2 N–H and O–H groups in total. The molecule has 0 radical (unpaired) electrons. The second kappa shape index (κ2) is 12.2. The molecule has 0 aliphatic rings. The molecule has 6 nitrogen and oxygen atoms in total. The minimum Gasteiger partial charge on any atom is -0.489 e. The number of ether oxygens (including phenoxy) is 1. The van der Waals surface area contributed by atoms with E-state index in [9.17, 15) is 9.59 Å². The van der Waals surface area contributed by atoms with E-state index in [1.807, 2.05) is 84.9 Å². The van der Waals surface area contributed by atoms with Crippen molar-refractivity contribution >= 4 is 23.2 Å². The predicted octanol–water partition coefficient (Wildman–Crippen LogP) is 5.59. The fourth-order valence-electron chi connectivity index (χ4n) is 3.68. The van der Waals surface area contributed by atoms with E-state index in [1.165, 1.54) is 0 Å². The fraction of sp³-hybridized carbons (Fsp3) is 0.133. The Morgan fingerprint density at radius 1 is 0.750 bits per heavy atom. The van der Waals surface area contributed by atoms with Crippen molar-refractivity contribution in [3.05, 3.63) is 126 Å². The molecule has 6 heteroatoms. The SMILES string of the molecule is CN(Cc1ccccc1)C(=O)c1cccc(NC(=O)CNc2ccc(OCc3ccccc3)cc2)c1. The Labute approximate surface area is 211 Å². The largest absolute Gasteiger partial charge is 0.489 e. The summed E-state index contributed by atoms with van der Waals surface area (Å²) in [6.45, 7) is 1.10. The number of anilines is 2. The summed E-state index contributed by atoms with van der Waals surface area (Å²) in [4.78, 5) is 27.0. The van der Waals surface area contributed by atoms with Crippen LogP contribution in [0.1, 0.15) is 21.5 Å². The molecular formula is C30H29N3O3. The number of carbonyl (C=O) groups excluding carboxylic acids is 2. The van der Waals surface area contributed by atoms with E-state index in [1.54, 1.807) is 36.2 Å². The average Bonchev–Trinajstić information content (AvgIpc) is 2.92. The van der Waals surface area contributed by atoms with Crippen LogP contribution in [0.25, 0.3) is 0 Å². The second-order valence-electron chi connectivity index (χ2n) is 8.43. The molecule has 4 aromatic rings. The zero-order valence-electron chi connectivity index (χ0n) is 20.2. The van der Waals surface area contributed by atoms with Crippen molar-refractivity contribution < 1.29 is 14.3 Å². The molecule has 0 unspecified atom stereocenters. The van der Waals surface area contributed by atoms with Crippen LogP contribution in [0, 0.1) is 0 Å². The summed E-state index contributed by atoms with van der Waals surface area (Å²) in [6.07, 6.45) is 0. The highest BCUT2D eigenvalue weighted by Crippen LogP contribution is 2.18. The lowest BCUT2D eigenvalue weighted by Crippen LogP contribution is -2.26. The zero-order valence-corrected chi connectivity index (χ0v) is 20.2. The van der Waals surface area contributed by atoms with Crippen LogP contribution >= 0.6 is 0 Å². The predicted molar refractivity (Wildman–Crippen MR) is 143 cm³/mol. The first kappa shape index (κ1) is 24.5. The Bertz CT molecular complexity index is 1280. The Hall–Kier alpha value is -4.58. The molecule has 0 fully saturated rings. The van der Waals surface area contributed by atoms with Gasteiger partial charge in [-0.2, -0.15) is 0 Å². The van der Waals surface area contributed by atoms with Gasteiger partial charge in [0.15, 0.2) is 0 Å². The molecule has 0 saturated carbocycles. The van der Waals surface area contributed by atoms with Crippen molar-refractivity contribution in [1.29, 1.82) is 0 Å². The summed E-state index contributed by atoms with van der Waals surface area (Å²) >= 11 is 0.